The molecule has 0 fully saturated rings. The van der Waals surface area contributed by atoms with E-state index >= 15 is 0 Å². The Kier molecular flexibility index (Phi) is 4.37. The largest absolute Gasteiger partial charge is 0.573 e. The van der Waals surface area contributed by atoms with Crippen LogP contribution in [0.5, 0.6) is 5.75 Å². The standard InChI is InChI=1S/C11H10F3N3O4S/c1-22(18,19)21-9(10-15-6-16-17-10)7-2-4-8(5-3-7)20-11(12,13)14/h2-6,9H,1H3,(H,15,16,17). The highest BCUT2D eigenvalue weighted by molar-refractivity contribution is 7.86. The Hall–Kier alpha value is -2.14. The number of H-pyrrole nitrogens is 1. The fourth-order valence-electron chi connectivity index (χ4n) is 1.61. The van der Waals surface area contributed by atoms with Crippen LogP contribution in [0.3, 0.4) is 0 Å². The molecule has 2 rings (SSSR count). The molecule has 0 amide bonds. The van der Waals surface area contributed by atoms with Crippen LogP contribution in [-0.2, 0) is 14.3 Å². The van der Waals surface area contributed by atoms with Gasteiger partial charge in [0.15, 0.2) is 11.9 Å². The Morgan fingerprint density at radius 1 is 1.23 bits per heavy atom. The van der Waals surface area contributed by atoms with Gasteiger partial charge in [0.05, 0.1) is 6.26 Å². The third-order valence-corrected chi connectivity index (χ3v) is 2.90. The highest BCUT2D eigenvalue weighted by Crippen LogP contribution is 2.28. The predicted molar refractivity (Wildman–Crippen MR) is 67.3 cm³/mol. The quantitative estimate of drug-likeness (QED) is 0.836. The number of aromatic amines is 1. The summed E-state index contributed by atoms with van der Waals surface area (Å²) in [5.41, 5.74) is 0.250. The fraction of sp³-hybridized carbons (Fsp3) is 0.273. The Labute approximate surface area is 123 Å². The Morgan fingerprint density at radius 2 is 1.86 bits per heavy atom. The molecule has 0 aliphatic heterocycles. The predicted octanol–water partition coefficient (Wildman–Crippen LogP) is 1.77. The zero-order valence-electron chi connectivity index (χ0n) is 11.0. The van der Waals surface area contributed by atoms with Crippen molar-refractivity contribution in [2.24, 2.45) is 0 Å². The van der Waals surface area contributed by atoms with Crippen LogP contribution in [0.15, 0.2) is 30.6 Å². The summed E-state index contributed by atoms with van der Waals surface area (Å²) in [6, 6.07) is 4.53. The van der Waals surface area contributed by atoms with Crippen molar-refractivity contribution in [2.45, 2.75) is 12.5 Å². The van der Waals surface area contributed by atoms with Crippen molar-refractivity contribution in [1.82, 2.24) is 15.2 Å². The normalized spacial score (nSPS) is 13.8. The molecule has 0 bridgehead atoms. The molecule has 11 heteroatoms. The van der Waals surface area contributed by atoms with Crippen molar-refractivity contribution in [3.8, 4) is 5.75 Å². The third-order valence-electron chi connectivity index (χ3n) is 2.36. The number of aromatic nitrogens is 3. The second-order valence-corrected chi connectivity index (χ2v) is 5.76. The number of benzene rings is 1. The van der Waals surface area contributed by atoms with E-state index in [9.17, 15) is 21.6 Å². The van der Waals surface area contributed by atoms with E-state index in [1.807, 2.05) is 0 Å². The number of alkyl halides is 3. The second kappa shape index (κ2) is 5.93. The summed E-state index contributed by atoms with van der Waals surface area (Å²) in [6.45, 7) is 0. The molecule has 0 aliphatic rings. The van der Waals surface area contributed by atoms with Crippen molar-refractivity contribution in [2.75, 3.05) is 6.26 Å². The van der Waals surface area contributed by atoms with E-state index in [-0.39, 0.29) is 11.4 Å². The second-order valence-electron chi connectivity index (χ2n) is 4.15. The molecular weight excluding hydrogens is 327 g/mol. The summed E-state index contributed by atoms with van der Waals surface area (Å²) in [5, 5.41) is 6.12. The molecule has 0 aliphatic carbocycles. The zero-order chi connectivity index (χ0) is 16.4. The topological polar surface area (TPSA) is 94.2 Å². The van der Waals surface area contributed by atoms with Gasteiger partial charge < -0.3 is 4.74 Å². The van der Waals surface area contributed by atoms with Gasteiger partial charge in [-0.3, -0.25) is 9.28 Å². The highest BCUT2D eigenvalue weighted by atomic mass is 32.2. The minimum Gasteiger partial charge on any atom is -0.406 e. The average Bonchev–Trinajstić information content (AvgIpc) is 2.87. The van der Waals surface area contributed by atoms with Gasteiger partial charge >= 0.3 is 6.36 Å². The summed E-state index contributed by atoms with van der Waals surface area (Å²) in [7, 11) is -3.84. The van der Waals surface area contributed by atoms with Gasteiger partial charge in [0.2, 0.25) is 0 Å². The smallest absolute Gasteiger partial charge is 0.406 e. The van der Waals surface area contributed by atoms with E-state index in [0.717, 1.165) is 18.4 Å². The van der Waals surface area contributed by atoms with Crippen molar-refractivity contribution >= 4 is 10.1 Å². The first-order chi connectivity index (χ1) is 10.1. The minimum absolute atomic E-state index is 0.0231. The summed E-state index contributed by atoms with van der Waals surface area (Å²) < 4.78 is 67.5. The van der Waals surface area contributed by atoms with Gasteiger partial charge in [-0.1, -0.05) is 12.1 Å². The van der Waals surface area contributed by atoms with Gasteiger partial charge in [-0.25, -0.2) is 4.98 Å². The summed E-state index contributed by atoms with van der Waals surface area (Å²) >= 11 is 0. The number of ether oxygens (including phenoxy) is 1. The van der Waals surface area contributed by atoms with Crippen LogP contribution in [0, 0.1) is 0 Å². The molecular formula is C11H10F3N3O4S. The van der Waals surface area contributed by atoms with Crippen molar-refractivity contribution < 1.29 is 30.5 Å². The van der Waals surface area contributed by atoms with E-state index in [4.69, 9.17) is 4.18 Å². The number of nitrogens with one attached hydrogen (secondary N) is 1. The Bertz CT molecular complexity index is 714. The third kappa shape index (κ3) is 4.70. The number of nitrogens with zero attached hydrogens (tertiary/aromatic N) is 2. The molecule has 0 saturated heterocycles. The summed E-state index contributed by atoms with van der Waals surface area (Å²) in [6.07, 6.45) is -3.93. The zero-order valence-corrected chi connectivity index (χ0v) is 11.9. The van der Waals surface area contributed by atoms with E-state index in [1.54, 1.807) is 0 Å². The lowest BCUT2D eigenvalue weighted by Crippen LogP contribution is -2.17. The van der Waals surface area contributed by atoms with Crippen LogP contribution in [0.25, 0.3) is 0 Å². The number of halogens is 3. The molecule has 1 atom stereocenters. The maximum absolute atomic E-state index is 12.1. The van der Waals surface area contributed by atoms with Crippen LogP contribution in [0.2, 0.25) is 0 Å². The van der Waals surface area contributed by atoms with Gasteiger partial charge in [0, 0.05) is 0 Å². The van der Waals surface area contributed by atoms with Gasteiger partial charge in [0.25, 0.3) is 10.1 Å². The first kappa shape index (κ1) is 16.2. The maximum atomic E-state index is 12.1. The average molecular weight is 337 g/mol. The Morgan fingerprint density at radius 3 is 2.32 bits per heavy atom. The molecule has 1 unspecified atom stereocenters. The summed E-state index contributed by atoms with van der Waals surface area (Å²) in [4.78, 5) is 3.79. The lowest BCUT2D eigenvalue weighted by atomic mass is 10.1. The van der Waals surface area contributed by atoms with Crippen LogP contribution < -0.4 is 4.74 Å². The van der Waals surface area contributed by atoms with Crippen LogP contribution in [0.4, 0.5) is 13.2 Å². The number of hydrogen-bond acceptors (Lipinski definition) is 6. The fourth-order valence-corrected chi connectivity index (χ4v) is 2.16. The van der Waals surface area contributed by atoms with Crippen LogP contribution in [-0.4, -0.2) is 36.2 Å². The van der Waals surface area contributed by atoms with E-state index in [0.29, 0.717) is 0 Å². The number of rotatable bonds is 5. The van der Waals surface area contributed by atoms with Gasteiger partial charge in [-0.05, 0) is 17.7 Å². The highest BCUT2D eigenvalue weighted by Gasteiger charge is 2.31. The van der Waals surface area contributed by atoms with Gasteiger partial charge in [0.1, 0.15) is 12.1 Å². The van der Waals surface area contributed by atoms with Gasteiger partial charge in [-0.2, -0.15) is 13.5 Å². The van der Waals surface area contributed by atoms with E-state index in [1.165, 1.54) is 18.5 Å². The monoisotopic (exact) mass is 337 g/mol. The van der Waals surface area contributed by atoms with Gasteiger partial charge in [-0.15, -0.1) is 13.2 Å². The summed E-state index contributed by atoms with van der Waals surface area (Å²) in [5.74, 6) is -0.417. The van der Waals surface area contributed by atoms with Crippen molar-refractivity contribution in [1.29, 1.82) is 0 Å². The molecule has 1 N–H and O–H groups in total. The SMILES string of the molecule is CS(=O)(=O)OC(c1ccc(OC(F)(F)F)cc1)c1nc[nH]n1. The molecule has 7 nitrogen and oxygen atoms in total. The maximum Gasteiger partial charge on any atom is 0.573 e. The molecule has 0 radical (unpaired) electrons. The number of hydrogen-bond donors (Lipinski definition) is 1. The Balaban J connectivity index is 2.29. The molecule has 2 aromatic rings. The molecule has 1 aromatic heterocycles. The molecule has 22 heavy (non-hydrogen) atoms. The minimum atomic E-state index is -4.81. The van der Waals surface area contributed by atoms with Crippen molar-refractivity contribution in [3.05, 3.63) is 42.0 Å². The van der Waals surface area contributed by atoms with Crippen LogP contribution in [0.1, 0.15) is 17.5 Å². The van der Waals surface area contributed by atoms with Crippen molar-refractivity contribution in [3.63, 3.8) is 0 Å². The molecule has 0 saturated carbocycles. The molecule has 0 spiro atoms. The first-order valence-electron chi connectivity index (χ1n) is 5.74. The molecule has 1 aromatic carbocycles. The molecule has 1 heterocycles. The van der Waals surface area contributed by atoms with E-state index in [2.05, 4.69) is 19.9 Å². The lowest BCUT2D eigenvalue weighted by Gasteiger charge is -2.14. The molecule has 120 valence electrons. The lowest BCUT2D eigenvalue weighted by molar-refractivity contribution is -0.274. The van der Waals surface area contributed by atoms with Crippen LogP contribution >= 0.6 is 0 Å². The first-order valence-corrected chi connectivity index (χ1v) is 7.55. The van der Waals surface area contributed by atoms with E-state index < -0.39 is 28.3 Å².